The van der Waals surface area contributed by atoms with Crippen LogP contribution in [-0.2, 0) is 11.3 Å². The fraction of sp³-hybridized carbons (Fsp3) is 0.600. The summed E-state index contributed by atoms with van der Waals surface area (Å²) >= 11 is 3.39. The molecule has 21 heavy (non-hydrogen) atoms. The monoisotopic (exact) mass is 356 g/mol. The lowest BCUT2D eigenvalue weighted by Gasteiger charge is -2.37. The molecule has 2 unspecified atom stereocenters. The lowest BCUT2D eigenvalue weighted by atomic mass is 9.90. The molecule has 2 atom stereocenters. The molecular weight excluding hydrogens is 336 g/mol. The van der Waals surface area contributed by atoms with Gasteiger partial charge in [-0.15, -0.1) is 0 Å². The smallest absolute Gasteiger partial charge is 0.326 e. The van der Waals surface area contributed by atoms with E-state index >= 15 is 0 Å². The van der Waals surface area contributed by atoms with Gasteiger partial charge in [0.15, 0.2) is 0 Å². The van der Waals surface area contributed by atoms with Crippen molar-refractivity contribution in [2.45, 2.75) is 45.7 Å². The quantitative estimate of drug-likeness (QED) is 0.901. The summed E-state index contributed by atoms with van der Waals surface area (Å²) in [6, 6.07) is 1.05. The van der Waals surface area contributed by atoms with Gasteiger partial charge in [-0.25, -0.2) is 4.79 Å². The highest BCUT2D eigenvalue weighted by molar-refractivity contribution is 9.10. The SMILES string of the molecule is CCCn1cc(Br)cc1C(=O)N1CCCC(C)C1C(=O)O. The van der Waals surface area contributed by atoms with Gasteiger partial charge < -0.3 is 14.6 Å². The van der Waals surface area contributed by atoms with E-state index in [9.17, 15) is 14.7 Å². The molecule has 0 aliphatic carbocycles. The van der Waals surface area contributed by atoms with Crippen LogP contribution >= 0.6 is 15.9 Å². The summed E-state index contributed by atoms with van der Waals surface area (Å²) in [4.78, 5) is 25.8. The third-order valence-electron chi connectivity index (χ3n) is 3.99. The van der Waals surface area contributed by atoms with Crippen LogP contribution in [0.3, 0.4) is 0 Å². The Balaban J connectivity index is 2.31. The number of carboxylic acid groups (broad SMARTS) is 1. The van der Waals surface area contributed by atoms with E-state index < -0.39 is 12.0 Å². The molecule has 0 saturated carbocycles. The molecule has 1 aromatic heterocycles. The first-order chi connectivity index (χ1) is 9.95. The highest BCUT2D eigenvalue weighted by atomic mass is 79.9. The predicted molar refractivity (Wildman–Crippen MR) is 83.3 cm³/mol. The van der Waals surface area contributed by atoms with E-state index in [1.54, 1.807) is 6.07 Å². The first-order valence-electron chi connectivity index (χ1n) is 7.35. The van der Waals surface area contributed by atoms with Crippen molar-refractivity contribution in [3.8, 4) is 0 Å². The van der Waals surface area contributed by atoms with Gasteiger partial charge in [0.2, 0.25) is 0 Å². The Labute approximate surface area is 133 Å². The van der Waals surface area contributed by atoms with Crippen LogP contribution in [-0.4, -0.2) is 39.0 Å². The number of amides is 1. The third-order valence-corrected chi connectivity index (χ3v) is 4.43. The lowest BCUT2D eigenvalue weighted by molar-refractivity contribution is -0.145. The van der Waals surface area contributed by atoms with Crippen molar-refractivity contribution in [3.63, 3.8) is 0 Å². The Morgan fingerprint density at radius 3 is 2.81 bits per heavy atom. The lowest BCUT2D eigenvalue weighted by Crippen LogP contribution is -2.52. The van der Waals surface area contributed by atoms with E-state index in [-0.39, 0.29) is 11.8 Å². The van der Waals surface area contributed by atoms with Crippen LogP contribution in [0.25, 0.3) is 0 Å². The third kappa shape index (κ3) is 3.31. The van der Waals surface area contributed by atoms with Crippen LogP contribution in [0.4, 0.5) is 0 Å². The number of hydrogen-bond acceptors (Lipinski definition) is 2. The minimum absolute atomic E-state index is 0.0155. The van der Waals surface area contributed by atoms with E-state index in [0.717, 1.165) is 30.3 Å². The number of carboxylic acids is 1. The Morgan fingerprint density at radius 2 is 2.19 bits per heavy atom. The molecule has 1 N–H and O–H groups in total. The van der Waals surface area contributed by atoms with Gasteiger partial charge in [0.05, 0.1) is 0 Å². The number of carbonyl (C=O) groups excluding carboxylic acids is 1. The molecule has 2 heterocycles. The first kappa shape index (κ1) is 16.1. The van der Waals surface area contributed by atoms with Gasteiger partial charge in [-0.1, -0.05) is 13.8 Å². The molecular formula is C15H21BrN2O3. The zero-order chi connectivity index (χ0) is 15.6. The van der Waals surface area contributed by atoms with E-state index in [4.69, 9.17) is 0 Å². The van der Waals surface area contributed by atoms with Crippen molar-refractivity contribution in [2.24, 2.45) is 5.92 Å². The summed E-state index contributed by atoms with van der Waals surface area (Å²) in [5, 5.41) is 9.44. The van der Waals surface area contributed by atoms with E-state index in [1.807, 2.05) is 24.6 Å². The normalized spacial score (nSPS) is 22.3. The summed E-state index contributed by atoms with van der Waals surface area (Å²) in [6.45, 7) is 5.20. The van der Waals surface area contributed by atoms with Crippen molar-refractivity contribution in [2.75, 3.05) is 6.54 Å². The number of carbonyl (C=O) groups is 2. The fourth-order valence-corrected chi connectivity index (χ4v) is 3.48. The summed E-state index contributed by atoms with van der Waals surface area (Å²) < 4.78 is 2.74. The van der Waals surface area contributed by atoms with Gasteiger partial charge >= 0.3 is 5.97 Å². The van der Waals surface area contributed by atoms with Crippen molar-refractivity contribution in [3.05, 3.63) is 22.4 Å². The minimum Gasteiger partial charge on any atom is -0.480 e. The number of halogens is 1. The van der Waals surface area contributed by atoms with Gasteiger partial charge in [0.1, 0.15) is 11.7 Å². The molecule has 0 radical (unpaired) electrons. The van der Waals surface area contributed by atoms with Crippen LogP contribution in [0.5, 0.6) is 0 Å². The number of rotatable bonds is 4. The number of aryl methyl sites for hydroxylation is 1. The molecule has 6 heteroatoms. The second-order valence-corrected chi connectivity index (χ2v) is 6.55. The molecule has 0 spiro atoms. The van der Waals surface area contributed by atoms with Gasteiger partial charge in [0.25, 0.3) is 5.91 Å². The molecule has 1 saturated heterocycles. The molecule has 5 nitrogen and oxygen atoms in total. The highest BCUT2D eigenvalue weighted by Gasteiger charge is 2.38. The molecule has 1 aromatic rings. The molecule has 1 aliphatic rings. The topological polar surface area (TPSA) is 62.5 Å². The Kier molecular flexibility index (Phi) is 5.08. The van der Waals surface area contributed by atoms with Crippen molar-refractivity contribution in [1.29, 1.82) is 0 Å². The minimum atomic E-state index is -0.914. The molecule has 2 rings (SSSR count). The van der Waals surface area contributed by atoms with Crippen LogP contribution in [0.2, 0.25) is 0 Å². The van der Waals surface area contributed by atoms with Crippen LogP contribution in [0.15, 0.2) is 16.7 Å². The number of aliphatic carboxylic acids is 1. The first-order valence-corrected chi connectivity index (χ1v) is 8.14. The van der Waals surface area contributed by atoms with Crippen molar-refractivity contribution in [1.82, 2.24) is 9.47 Å². The second-order valence-electron chi connectivity index (χ2n) is 5.64. The summed E-state index contributed by atoms with van der Waals surface area (Å²) in [7, 11) is 0. The average Bonchev–Trinajstić information content (AvgIpc) is 2.78. The molecule has 1 amide bonds. The maximum atomic E-state index is 12.8. The van der Waals surface area contributed by atoms with Gasteiger partial charge in [-0.3, -0.25) is 4.79 Å². The molecule has 1 aliphatic heterocycles. The molecule has 1 fully saturated rings. The summed E-state index contributed by atoms with van der Waals surface area (Å²) in [5.74, 6) is -1.12. The Hall–Kier alpha value is -1.30. The van der Waals surface area contributed by atoms with E-state index in [0.29, 0.717) is 12.2 Å². The molecule has 0 bridgehead atoms. The molecule has 116 valence electrons. The van der Waals surface area contributed by atoms with Gasteiger partial charge in [0, 0.05) is 23.8 Å². The highest BCUT2D eigenvalue weighted by Crippen LogP contribution is 2.26. The Bertz CT molecular complexity index is 541. The van der Waals surface area contributed by atoms with E-state index in [2.05, 4.69) is 15.9 Å². The van der Waals surface area contributed by atoms with Crippen molar-refractivity contribution < 1.29 is 14.7 Å². The van der Waals surface area contributed by atoms with Gasteiger partial charge in [-0.2, -0.15) is 0 Å². The van der Waals surface area contributed by atoms with E-state index in [1.165, 1.54) is 4.90 Å². The van der Waals surface area contributed by atoms with Crippen LogP contribution < -0.4 is 0 Å². The standard InChI is InChI=1S/C15H21BrN2O3/c1-3-6-17-9-11(16)8-12(17)14(19)18-7-4-5-10(2)13(18)15(20)21/h8-10,13H,3-7H2,1-2H3,(H,20,21). The zero-order valence-electron chi connectivity index (χ0n) is 12.4. The number of nitrogens with zero attached hydrogens (tertiary/aromatic N) is 2. The maximum Gasteiger partial charge on any atom is 0.326 e. The summed E-state index contributed by atoms with van der Waals surface area (Å²) in [6.07, 6.45) is 4.49. The Morgan fingerprint density at radius 1 is 1.48 bits per heavy atom. The summed E-state index contributed by atoms with van der Waals surface area (Å²) in [5.41, 5.74) is 0.559. The predicted octanol–water partition coefficient (Wildman–Crippen LogP) is 2.99. The largest absolute Gasteiger partial charge is 0.480 e. The number of likely N-dealkylation sites (tertiary alicyclic amines) is 1. The second kappa shape index (κ2) is 6.64. The van der Waals surface area contributed by atoms with Gasteiger partial charge in [-0.05, 0) is 47.2 Å². The zero-order valence-corrected chi connectivity index (χ0v) is 14.0. The maximum absolute atomic E-state index is 12.8. The van der Waals surface area contributed by atoms with Crippen molar-refractivity contribution >= 4 is 27.8 Å². The number of hydrogen-bond donors (Lipinski definition) is 1. The fourth-order valence-electron chi connectivity index (χ4n) is 3.02. The number of piperidine rings is 1. The number of aromatic nitrogens is 1. The van der Waals surface area contributed by atoms with Crippen LogP contribution in [0.1, 0.15) is 43.6 Å². The average molecular weight is 357 g/mol. The van der Waals surface area contributed by atoms with Crippen LogP contribution in [0, 0.1) is 5.92 Å². The molecule has 0 aromatic carbocycles.